The lowest BCUT2D eigenvalue weighted by atomic mass is 10.2. The van der Waals surface area contributed by atoms with E-state index in [2.05, 4.69) is 21.3 Å². The van der Waals surface area contributed by atoms with Gasteiger partial charge < -0.3 is 5.32 Å². The van der Waals surface area contributed by atoms with E-state index in [9.17, 15) is 9.18 Å². The highest BCUT2D eigenvalue weighted by Gasteiger charge is 2.11. The number of nitrogens with one attached hydrogen (secondary N) is 1. The number of rotatable bonds is 9. The largest absolute Gasteiger partial charge is 0.326 e. The summed E-state index contributed by atoms with van der Waals surface area (Å²) in [5.41, 5.74) is 3.19. The Morgan fingerprint density at radius 1 is 1.03 bits per heavy atom. The first-order valence-electron chi connectivity index (χ1n) is 9.79. The zero-order valence-electron chi connectivity index (χ0n) is 16.6. The maximum absolute atomic E-state index is 13.2. The number of hydrogen-bond donors (Lipinski definition) is 1. The van der Waals surface area contributed by atoms with Gasteiger partial charge in [-0.25, -0.2) is 4.39 Å². The number of halogens is 1. The number of nitriles is 1. The standard InChI is InChI=1S/C24H23FN4O/c25-21-8-4-20(5-9-21)18-29(15-12-22-3-1-2-14-27-22)16-13-24(30)28-23-10-6-19(17-26)7-11-23/h1-11,14H,12-13,15-16,18H2,(H,28,30). The molecule has 1 heterocycles. The summed E-state index contributed by atoms with van der Waals surface area (Å²) in [4.78, 5) is 18.9. The molecule has 30 heavy (non-hydrogen) atoms. The Kier molecular flexibility index (Phi) is 7.64. The summed E-state index contributed by atoms with van der Waals surface area (Å²) in [7, 11) is 0. The summed E-state index contributed by atoms with van der Waals surface area (Å²) in [5, 5.41) is 11.7. The second kappa shape index (κ2) is 10.8. The van der Waals surface area contributed by atoms with Crippen molar-refractivity contribution in [2.24, 2.45) is 0 Å². The van der Waals surface area contributed by atoms with Crippen LogP contribution < -0.4 is 5.32 Å². The fourth-order valence-electron chi connectivity index (χ4n) is 3.05. The van der Waals surface area contributed by atoms with Crippen molar-refractivity contribution in [1.82, 2.24) is 9.88 Å². The van der Waals surface area contributed by atoms with Crippen LogP contribution in [0.3, 0.4) is 0 Å². The molecule has 0 aliphatic carbocycles. The Morgan fingerprint density at radius 3 is 2.47 bits per heavy atom. The second-order valence-electron chi connectivity index (χ2n) is 6.96. The lowest BCUT2D eigenvalue weighted by Crippen LogP contribution is -2.29. The quantitative estimate of drug-likeness (QED) is 0.583. The molecule has 1 amide bonds. The predicted molar refractivity (Wildman–Crippen MR) is 114 cm³/mol. The first kappa shape index (κ1) is 21.2. The Morgan fingerprint density at radius 2 is 1.80 bits per heavy atom. The number of hydrogen-bond acceptors (Lipinski definition) is 4. The fraction of sp³-hybridized carbons (Fsp3) is 0.208. The van der Waals surface area contributed by atoms with E-state index >= 15 is 0 Å². The van der Waals surface area contributed by atoms with E-state index in [1.807, 2.05) is 18.2 Å². The first-order valence-corrected chi connectivity index (χ1v) is 9.79. The highest BCUT2D eigenvalue weighted by atomic mass is 19.1. The number of benzene rings is 2. The average molecular weight is 402 g/mol. The first-order chi connectivity index (χ1) is 14.6. The summed E-state index contributed by atoms with van der Waals surface area (Å²) in [5.74, 6) is -0.359. The smallest absolute Gasteiger partial charge is 0.225 e. The molecule has 1 aromatic heterocycles. The van der Waals surface area contributed by atoms with E-state index in [1.54, 1.807) is 42.6 Å². The van der Waals surface area contributed by atoms with Gasteiger partial charge in [0.25, 0.3) is 0 Å². The molecule has 0 fully saturated rings. The molecule has 5 nitrogen and oxygen atoms in total. The topological polar surface area (TPSA) is 69.0 Å². The summed E-state index contributed by atoms with van der Waals surface area (Å²) in [6.07, 6.45) is 2.85. The number of aromatic nitrogens is 1. The van der Waals surface area contributed by atoms with Gasteiger partial charge in [-0.15, -0.1) is 0 Å². The van der Waals surface area contributed by atoms with Gasteiger partial charge in [0.2, 0.25) is 5.91 Å². The predicted octanol–water partition coefficient (Wildman–Crippen LogP) is 4.17. The Bertz CT molecular complexity index is 982. The highest BCUT2D eigenvalue weighted by molar-refractivity contribution is 5.90. The third-order valence-electron chi connectivity index (χ3n) is 4.68. The third-order valence-corrected chi connectivity index (χ3v) is 4.68. The van der Waals surface area contributed by atoms with Gasteiger partial charge in [-0.05, 0) is 54.1 Å². The number of nitrogens with zero attached hydrogens (tertiary/aromatic N) is 3. The summed E-state index contributed by atoms with van der Waals surface area (Å²) < 4.78 is 13.2. The van der Waals surface area contributed by atoms with Gasteiger partial charge in [0.1, 0.15) is 5.82 Å². The van der Waals surface area contributed by atoms with Crippen LogP contribution in [0.5, 0.6) is 0 Å². The normalized spacial score (nSPS) is 10.6. The van der Waals surface area contributed by atoms with Gasteiger partial charge in [-0.2, -0.15) is 5.26 Å². The van der Waals surface area contributed by atoms with Crippen molar-refractivity contribution in [2.45, 2.75) is 19.4 Å². The maximum atomic E-state index is 13.2. The molecule has 3 aromatic rings. The van der Waals surface area contributed by atoms with E-state index in [-0.39, 0.29) is 11.7 Å². The van der Waals surface area contributed by atoms with E-state index in [0.717, 1.165) is 24.2 Å². The molecule has 0 saturated carbocycles. The fourth-order valence-corrected chi connectivity index (χ4v) is 3.05. The number of pyridine rings is 1. The van der Waals surface area contributed by atoms with E-state index in [0.29, 0.717) is 30.8 Å². The van der Waals surface area contributed by atoms with Crippen LogP contribution in [0.15, 0.2) is 72.9 Å². The van der Waals surface area contributed by atoms with Crippen molar-refractivity contribution in [1.29, 1.82) is 5.26 Å². The molecule has 152 valence electrons. The highest BCUT2D eigenvalue weighted by Crippen LogP contribution is 2.11. The minimum Gasteiger partial charge on any atom is -0.326 e. The Balaban J connectivity index is 1.57. The molecule has 0 bridgehead atoms. The van der Waals surface area contributed by atoms with Crippen LogP contribution in [0.2, 0.25) is 0 Å². The Hall–Kier alpha value is -3.56. The average Bonchev–Trinajstić information content (AvgIpc) is 2.78. The van der Waals surface area contributed by atoms with E-state index < -0.39 is 0 Å². The van der Waals surface area contributed by atoms with Gasteiger partial charge in [0.05, 0.1) is 11.6 Å². The minimum atomic E-state index is -0.263. The van der Waals surface area contributed by atoms with Crippen LogP contribution in [0.4, 0.5) is 10.1 Å². The number of carbonyl (C=O) groups is 1. The summed E-state index contributed by atoms with van der Waals surface area (Å²) in [6.45, 7) is 1.92. The van der Waals surface area contributed by atoms with Crippen molar-refractivity contribution in [2.75, 3.05) is 18.4 Å². The molecule has 0 spiro atoms. The van der Waals surface area contributed by atoms with Crippen LogP contribution in [-0.4, -0.2) is 28.9 Å². The van der Waals surface area contributed by atoms with Gasteiger partial charge in [0, 0.05) is 50.1 Å². The zero-order chi connectivity index (χ0) is 21.2. The van der Waals surface area contributed by atoms with Crippen LogP contribution in [0.25, 0.3) is 0 Å². The van der Waals surface area contributed by atoms with Crippen LogP contribution >= 0.6 is 0 Å². The molecule has 0 aliphatic heterocycles. The zero-order valence-corrected chi connectivity index (χ0v) is 16.6. The van der Waals surface area contributed by atoms with Crippen molar-refractivity contribution in [3.8, 4) is 6.07 Å². The number of carbonyl (C=O) groups excluding carboxylic acids is 1. The third kappa shape index (κ3) is 6.80. The van der Waals surface area contributed by atoms with Gasteiger partial charge >= 0.3 is 0 Å². The molecule has 0 unspecified atom stereocenters. The molecule has 0 aliphatic rings. The Labute approximate surface area is 175 Å². The number of amides is 1. The number of anilines is 1. The molecule has 0 radical (unpaired) electrons. The SMILES string of the molecule is N#Cc1ccc(NC(=O)CCN(CCc2ccccn2)Cc2ccc(F)cc2)cc1. The van der Waals surface area contributed by atoms with Crippen molar-refractivity contribution in [3.05, 3.63) is 95.6 Å². The van der Waals surface area contributed by atoms with Crippen LogP contribution in [0, 0.1) is 17.1 Å². The second-order valence-corrected chi connectivity index (χ2v) is 6.96. The summed E-state index contributed by atoms with van der Waals surface area (Å²) >= 11 is 0. The molecule has 2 aromatic carbocycles. The molecular weight excluding hydrogens is 379 g/mol. The maximum Gasteiger partial charge on any atom is 0.225 e. The molecule has 3 rings (SSSR count). The van der Waals surface area contributed by atoms with Gasteiger partial charge in [0.15, 0.2) is 0 Å². The molecular formula is C24H23FN4O. The molecule has 0 atom stereocenters. The van der Waals surface area contributed by atoms with Crippen molar-refractivity contribution in [3.63, 3.8) is 0 Å². The van der Waals surface area contributed by atoms with Gasteiger partial charge in [-0.3, -0.25) is 14.7 Å². The molecule has 1 N–H and O–H groups in total. The van der Waals surface area contributed by atoms with E-state index in [1.165, 1.54) is 12.1 Å². The van der Waals surface area contributed by atoms with Crippen LogP contribution in [0.1, 0.15) is 23.2 Å². The molecule has 6 heteroatoms. The lowest BCUT2D eigenvalue weighted by molar-refractivity contribution is -0.116. The monoisotopic (exact) mass is 402 g/mol. The van der Waals surface area contributed by atoms with Crippen molar-refractivity contribution >= 4 is 11.6 Å². The molecule has 0 saturated heterocycles. The van der Waals surface area contributed by atoms with Crippen LogP contribution in [-0.2, 0) is 17.8 Å². The lowest BCUT2D eigenvalue weighted by Gasteiger charge is -2.22. The minimum absolute atomic E-state index is 0.0957. The summed E-state index contributed by atoms with van der Waals surface area (Å²) in [6, 6.07) is 21.1. The van der Waals surface area contributed by atoms with Gasteiger partial charge in [-0.1, -0.05) is 18.2 Å². The van der Waals surface area contributed by atoms with E-state index in [4.69, 9.17) is 5.26 Å². The van der Waals surface area contributed by atoms with Crippen molar-refractivity contribution < 1.29 is 9.18 Å².